The number of phenolic OH excluding ortho intramolecular Hbond substituents is 1. The van der Waals surface area contributed by atoms with Gasteiger partial charge in [0.2, 0.25) is 0 Å². The van der Waals surface area contributed by atoms with Crippen molar-refractivity contribution in [3.63, 3.8) is 0 Å². The summed E-state index contributed by atoms with van der Waals surface area (Å²) in [5.41, 5.74) is 0.875. The second kappa shape index (κ2) is 7.32. The van der Waals surface area contributed by atoms with Gasteiger partial charge in [-0.1, -0.05) is 60.3 Å². The molecule has 0 aromatic heterocycles. The third-order valence-electron chi connectivity index (χ3n) is 8.44. The van der Waals surface area contributed by atoms with Crippen molar-refractivity contribution in [3.8, 4) is 11.5 Å². The summed E-state index contributed by atoms with van der Waals surface area (Å²) >= 11 is 0. The van der Waals surface area contributed by atoms with Crippen molar-refractivity contribution < 1.29 is 14.6 Å². The molecular weight excluding hydrogens is 360 g/mol. The Hall–Kier alpha value is -1.51. The number of hydrogen-bond acceptors (Lipinski definition) is 3. The first kappa shape index (κ1) is 22.2. The molecule has 0 saturated heterocycles. The number of ketones is 1. The molecule has 0 spiro atoms. The predicted molar refractivity (Wildman–Crippen MR) is 119 cm³/mol. The van der Waals surface area contributed by atoms with E-state index in [2.05, 4.69) is 54.5 Å². The van der Waals surface area contributed by atoms with Crippen LogP contribution in [0.4, 0.5) is 0 Å². The number of carbonyl (C=O) groups excluding carboxylic acids is 1. The normalized spacial score (nSPS) is 28.4. The number of unbranched alkanes of at least 4 members (excludes halogenated alkanes) is 3. The number of rotatable bonds is 6. The Balaban J connectivity index is 2.05. The van der Waals surface area contributed by atoms with Gasteiger partial charge in [-0.15, -0.1) is 0 Å². The average Bonchev–Trinajstić information content (AvgIpc) is 2.60. The van der Waals surface area contributed by atoms with Crippen LogP contribution in [0.1, 0.15) is 111 Å². The summed E-state index contributed by atoms with van der Waals surface area (Å²) in [5.74, 6) is 1.34. The Bertz CT molecular complexity index is 791. The van der Waals surface area contributed by atoms with E-state index in [9.17, 15) is 9.90 Å². The molecule has 162 valence electrons. The van der Waals surface area contributed by atoms with Crippen LogP contribution in [0.3, 0.4) is 0 Å². The fourth-order valence-electron chi connectivity index (χ4n) is 5.82. The van der Waals surface area contributed by atoms with Crippen LogP contribution in [-0.4, -0.2) is 16.5 Å². The SMILES string of the molecule is CCCCCCC(C)(C)c1cc(O)c2c(c1)OC(C)(C)[C@]1(C)CCC(=O)C[C@@]21C. The maximum atomic E-state index is 12.5. The molecule has 1 heterocycles. The van der Waals surface area contributed by atoms with Crippen molar-refractivity contribution in [1.82, 2.24) is 0 Å². The van der Waals surface area contributed by atoms with E-state index in [1.165, 1.54) is 25.7 Å². The second-order valence-electron chi connectivity index (χ2n) is 11.1. The fourth-order valence-corrected chi connectivity index (χ4v) is 5.82. The Morgan fingerprint density at radius 1 is 1.10 bits per heavy atom. The summed E-state index contributed by atoms with van der Waals surface area (Å²) in [6.45, 7) is 15.4. The molecule has 1 saturated carbocycles. The van der Waals surface area contributed by atoms with E-state index in [4.69, 9.17) is 4.74 Å². The van der Waals surface area contributed by atoms with Gasteiger partial charge in [0.1, 0.15) is 22.9 Å². The van der Waals surface area contributed by atoms with Gasteiger partial charge in [-0.3, -0.25) is 4.79 Å². The zero-order valence-corrected chi connectivity index (χ0v) is 19.6. The highest BCUT2D eigenvalue weighted by Gasteiger charge is 2.62. The highest BCUT2D eigenvalue weighted by molar-refractivity contribution is 5.82. The maximum Gasteiger partial charge on any atom is 0.133 e. The molecule has 29 heavy (non-hydrogen) atoms. The Kier molecular flexibility index (Phi) is 5.60. The zero-order chi connectivity index (χ0) is 21.7. The van der Waals surface area contributed by atoms with E-state index in [1.807, 2.05) is 6.07 Å². The molecule has 1 N–H and O–H groups in total. The number of ether oxygens (including phenoxy) is 1. The highest BCUT2D eigenvalue weighted by Crippen LogP contribution is 2.64. The number of fused-ring (bicyclic) bond motifs is 3. The van der Waals surface area contributed by atoms with Crippen molar-refractivity contribution in [1.29, 1.82) is 0 Å². The van der Waals surface area contributed by atoms with Crippen LogP contribution in [0.2, 0.25) is 0 Å². The molecule has 1 aromatic rings. The van der Waals surface area contributed by atoms with Crippen LogP contribution < -0.4 is 4.74 Å². The van der Waals surface area contributed by atoms with E-state index < -0.39 is 11.0 Å². The van der Waals surface area contributed by atoms with Gasteiger partial charge in [0.15, 0.2) is 0 Å². The minimum Gasteiger partial charge on any atom is -0.507 e. The minimum atomic E-state index is -0.423. The van der Waals surface area contributed by atoms with Crippen LogP contribution in [0.25, 0.3) is 0 Å². The molecule has 3 rings (SSSR count). The average molecular weight is 401 g/mol. The monoisotopic (exact) mass is 400 g/mol. The number of aromatic hydroxyl groups is 1. The van der Waals surface area contributed by atoms with Crippen molar-refractivity contribution in [2.45, 2.75) is 116 Å². The summed E-state index contributed by atoms with van der Waals surface area (Å²) in [7, 11) is 0. The van der Waals surface area contributed by atoms with Gasteiger partial charge in [-0.2, -0.15) is 0 Å². The van der Waals surface area contributed by atoms with E-state index in [1.54, 1.807) is 0 Å². The van der Waals surface area contributed by atoms with Gasteiger partial charge in [0, 0.05) is 29.2 Å². The molecule has 3 nitrogen and oxygen atoms in total. The fraction of sp³-hybridized carbons (Fsp3) is 0.731. The Morgan fingerprint density at radius 2 is 1.79 bits per heavy atom. The van der Waals surface area contributed by atoms with Crippen molar-refractivity contribution >= 4 is 5.78 Å². The van der Waals surface area contributed by atoms with Crippen LogP contribution in [0.15, 0.2) is 12.1 Å². The molecule has 0 bridgehead atoms. The molecule has 1 aromatic carbocycles. The van der Waals surface area contributed by atoms with Gasteiger partial charge in [-0.05, 0) is 49.8 Å². The van der Waals surface area contributed by atoms with E-state index in [-0.39, 0.29) is 22.4 Å². The smallest absolute Gasteiger partial charge is 0.133 e. The summed E-state index contributed by atoms with van der Waals surface area (Å²) in [6, 6.07) is 4.08. The summed E-state index contributed by atoms with van der Waals surface area (Å²) in [5, 5.41) is 11.2. The number of benzene rings is 1. The lowest BCUT2D eigenvalue weighted by atomic mass is 9.48. The standard InChI is InChI=1S/C26H40O3/c1-8-9-10-11-13-23(2,3)18-15-20(28)22-21(16-18)29-24(4,5)26(7)14-12-19(27)17-25(22,26)6/h15-16,28H,8-14,17H2,1-7H3/t25-,26-/m0/s1. The summed E-state index contributed by atoms with van der Waals surface area (Å²) in [6.07, 6.45) is 7.89. The van der Waals surface area contributed by atoms with Crippen molar-refractivity contribution in [3.05, 3.63) is 23.3 Å². The van der Waals surface area contributed by atoms with Gasteiger partial charge in [-0.25, -0.2) is 0 Å². The number of carbonyl (C=O) groups is 1. The van der Waals surface area contributed by atoms with Crippen LogP contribution in [0.5, 0.6) is 11.5 Å². The Labute approximate surface area is 177 Å². The van der Waals surface area contributed by atoms with E-state index in [0.29, 0.717) is 12.8 Å². The number of hydrogen-bond donors (Lipinski definition) is 1. The maximum absolute atomic E-state index is 12.5. The lowest BCUT2D eigenvalue weighted by Gasteiger charge is -2.60. The lowest BCUT2D eigenvalue weighted by molar-refractivity contribution is -0.142. The molecule has 1 aliphatic carbocycles. The summed E-state index contributed by atoms with van der Waals surface area (Å²) in [4.78, 5) is 12.5. The van der Waals surface area contributed by atoms with Gasteiger partial charge < -0.3 is 9.84 Å². The van der Waals surface area contributed by atoms with Crippen LogP contribution >= 0.6 is 0 Å². The highest BCUT2D eigenvalue weighted by atomic mass is 16.5. The molecular formula is C26H40O3. The minimum absolute atomic E-state index is 0.0300. The van der Waals surface area contributed by atoms with E-state index in [0.717, 1.165) is 29.7 Å². The Morgan fingerprint density at radius 3 is 2.45 bits per heavy atom. The molecule has 0 radical (unpaired) electrons. The molecule has 2 atom stereocenters. The van der Waals surface area contributed by atoms with Crippen molar-refractivity contribution in [2.75, 3.05) is 0 Å². The molecule has 1 fully saturated rings. The predicted octanol–water partition coefficient (Wildman–Crippen LogP) is 6.83. The molecule has 3 heteroatoms. The van der Waals surface area contributed by atoms with Gasteiger partial charge in [0.25, 0.3) is 0 Å². The number of phenols is 1. The third kappa shape index (κ3) is 3.49. The first-order valence-corrected chi connectivity index (χ1v) is 11.5. The molecule has 0 unspecified atom stereocenters. The number of Topliss-reactive ketones (excluding diaryl/α,β-unsaturated/α-hetero) is 1. The molecule has 2 aliphatic rings. The largest absolute Gasteiger partial charge is 0.507 e. The van der Waals surface area contributed by atoms with Crippen LogP contribution in [-0.2, 0) is 15.6 Å². The quantitative estimate of drug-likeness (QED) is 0.532. The van der Waals surface area contributed by atoms with Crippen molar-refractivity contribution in [2.24, 2.45) is 5.41 Å². The first-order chi connectivity index (χ1) is 13.4. The van der Waals surface area contributed by atoms with Gasteiger partial charge >= 0.3 is 0 Å². The lowest BCUT2D eigenvalue weighted by Crippen LogP contribution is -2.62. The van der Waals surface area contributed by atoms with Gasteiger partial charge in [0.05, 0.1) is 0 Å². The third-order valence-corrected chi connectivity index (χ3v) is 8.44. The zero-order valence-electron chi connectivity index (χ0n) is 19.6. The first-order valence-electron chi connectivity index (χ1n) is 11.5. The molecule has 1 aliphatic heterocycles. The van der Waals surface area contributed by atoms with E-state index >= 15 is 0 Å². The second-order valence-corrected chi connectivity index (χ2v) is 11.1. The molecule has 0 amide bonds. The topological polar surface area (TPSA) is 46.5 Å². The summed E-state index contributed by atoms with van der Waals surface area (Å²) < 4.78 is 6.58. The van der Waals surface area contributed by atoms with Crippen LogP contribution in [0, 0.1) is 5.41 Å².